The molecule has 2 aliphatic carbocycles. The molecule has 0 aromatic carbocycles. The highest BCUT2D eigenvalue weighted by Crippen LogP contribution is 2.61. The number of ether oxygens (including phenoxy) is 2. The van der Waals surface area contributed by atoms with Crippen molar-refractivity contribution in [1.29, 1.82) is 0 Å². The minimum Gasteiger partial charge on any atom is -0.691 e. The lowest BCUT2D eigenvalue weighted by Crippen LogP contribution is -2.43. The average molecular weight is 311 g/mol. The first-order valence-electron chi connectivity index (χ1n) is 5.86. The Morgan fingerprint density at radius 1 is 1.50 bits per heavy atom. The van der Waals surface area contributed by atoms with Crippen molar-refractivity contribution in [2.75, 3.05) is 0 Å². The predicted molar refractivity (Wildman–Crippen MR) is 53.9 cm³/mol. The Bertz CT molecular complexity index is 459. The number of alkyl halides is 2. The number of rotatable bonds is 5. The van der Waals surface area contributed by atoms with Gasteiger partial charge in [-0.05, 0) is 18.8 Å². The molecule has 3 fully saturated rings. The summed E-state index contributed by atoms with van der Waals surface area (Å²) >= 11 is -0.769. The smallest absolute Gasteiger partial charge is 0.415 e. The predicted octanol–water partition coefficient (Wildman–Crippen LogP) is 0.293. The maximum atomic E-state index is 13.3. The second-order valence-electron chi connectivity index (χ2n) is 5.11. The normalized spacial score (nSPS) is 38.1. The van der Waals surface area contributed by atoms with Gasteiger partial charge in [0.15, 0.2) is 0 Å². The van der Waals surface area contributed by atoms with Gasteiger partial charge in [-0.25, -0.2) is 4.79 Å². The summed E-state index contributed by atoms with van der Waals surface area (Å²) in [4.78, 5) is 23.1. The zero-order valence-corrected chi connectivity index (χ0v) is 10.7. The van der Waals surface area contributed by atoms with Gasteiger partial charge in [-0.15, -0.1) is 0 Å². The number of halogens is 2. The van der Waals surface area contributed by atoms with Gasteiger partial charge in [-0.2, -0.15) is 13.1 Å². The highest BCUT2D eigenvalue weighted by Gasteiger charge is 2.69. The first-order chi connectivity index (χ1) is 9.38. The van der Waals surface area contributed by atoms with Crippen molar-refractivity contribution in [2.24, 2.45) is 17.8 Å². The van der Waals surface area contributed by atoms with Gasteiger partial charge in [0.25, 0.3) is 5.79 Å². The van der Waals surface area contributed by atoms with E-state index in [1.165, 1.54) is 0 Å². The Balaban J connectivity index is 1.72. The lowest BCUT2D eigenvalue weighted by atomic mass is 9.87. The van der Waals surface area contributed by atoms with Crippen LogP contribution in [0.5, 0.6) is 0 Å². The van der Waals surface area contributed by atoms with Crippen molar-refractivity contribution in [3.8, 4) is 0 Å². The summed E-state index contributed by atoms with van der Waals surface area (Å²) in [6.45, 7) is 0. The van der Waals surface area contributed by atoms with E-state index >= 15 is 0 Å². The molecule has 20 heavy (non-hydrogen) atoms. The molecule has 0 aromatic rings. The monoisotopic (exact) mass is 311 g/mol. The Morgan fingerprint density at radius 3 is 2.90 bits per heavy atom. The molecule has 4 unspecified atom stereocenters. The van der Waals surface area contributed by atoms with E-state index in [9.17, 15) is 23.6 Å². The highest BCUT2D eigenvalue weighted by atomic mass is 32.2. The van der Waals surface area contributed by atoms with Gasteiger partial charge in [-0.1, -0.05) is 0 Å². The summed E-state index contributed by atoms with van der Waals surface area (Å²) in [5.41, 5.74) is 0. The molecule has 10 heteroatoms. The number of esters is 2. The molecule has 0 aromatic heterocycles. The minimum absolute atomic E-state index is 0.131. The highest BCUT2D eigenvalue weighted by molar-refractivity contribution is 7.96. The SMILES string of the molecule is O=C1OC2(OC(=O)C(F)(F)SOO[O-])CC3CC1C2C3. The number of carbonyl (C=O) groups is 2. The zero-order valence-electron chi connectivity index (χ0n) is 9.88. The third kappa shape index (κ3) is 1.98. The fourth-order valence-corrected chi connectivity index (χ4v) is 3.64. The number of hydrogen-bond acceptors (Lipinski definition) is 8. The fourth-order valence-electron chi connectivity index (χ4n) is 3.42. The number of hydrogen-bond donors (Lipinski definition) is 0. The molecule has 0 N–H and O–H groups in total. The molecule has 0 spiro atoms. The van der Waals surface area contributed by atoms with Crippen LogP contribution in [0.3, 0.4) is 0 Å². The molecule has 1 aliphatic heterocycles. The van der Waals surface area contributed by atoms with E-state index in [2.05, 4.69) is 9.37 Å². The summed E-state index contributed by atoms with van der Waals surface area (Å²) < 4.78 is 39.9. The third-order valence-electron chi connectivity index (χ3n) is 4.04. The Kier molecular flexibility index (Phi) is 3.16. The van der Waals surface area contributed by atoms with Crippen LogP contribution in [0.2, 0.25) is 0 Å². The molecule has 1 heterocycles. The van der Waals surface area contributed by atoms with Crippen LogP contribution < -0.4 is 5.26 Å². The third-order valence-corrected chi connectivity index (χ3v) is 4.54. The summed E-state index contributed by atoms with van der Waals surface area (Å²) in [7, 11) is 0. The van der Waals surface area contributed by atoms with E-state index in [4.69, 9.17) is 9.47 Å². The molecule has 2 bridgehead atoms. The second-order valence-corrected chi connectivity index (χ2v) is 5.93. The summed E-state index contributed by atoms with van der Waals surface area (Å²) in [6.07, 6.45) is 1.48. The molecule has 0 radical (unpaired) electrons. The quantitative estimate of drug-likeness (QED) is 0.309. The van der Waals surface area contributed by atoms with Gasteiger partial charge in [-0.3, -0.25) is 9.83 Å². The van der Waals surface area contributed by atoms with Crippen molar-refractivity contribution in [2.45, 2.75) is 30.3 Å². The van der Waals surface area contributed by atoms with E-state index < -0.39 is 35.0 Å². The van der Waals surface area contributed by atoms with Crippen LogP contribution in [-0.4, -0.2) is 23.0 Å². The minimum atomic E-state index is -4.13. The Hall–Kier alpha value is -0.970. The van der Waals surface area contributed by atoms with Crippen LogP contribution in [-0.2, 0) is 28.4 Å². The molecular weight excluding hydrogens is 302 g/mol. The van der Waals surface area contributed by atoms with E-state index in [1.807, 2.05) is 0 Å². The largest absolute Gasteiger partial charge is 0.691 e. The van der Waals surface area contributed by atoms with Crippen LogP contribution in [0, 0.1) is 17.8 Å². The van der Waals surface area contributed by atoms with Gasteiger partial charge in [0.1, 0.15) is 12.0 Å². The Morgan fingerprint density at radius 2 is 2.25 bits per heavy atom. The van der Waals surface area contributed by atoms with Crippen LogP contribution in [0.15, 0.2) is 0 Å². The number of fused-ring (bicyclic) bond motifs is 1. The molecule has 2 saturated carbocycles. The average Bonchev–Trinajstić information content (AvgIpc) is 2.96. The molecule has 1 saturated heterocycles. The molecule has 0 amide bonds. The van der Waals surface area contributed by atoms with Crippen molar-refractivity contribution >= 4 is 24.0 Å². The lowest BCUT2D eigenvalue weighted by molar-refractivity contribution is -0.777. The standard InChI is InChI=1S/C10H10F2O7S/c11-10(12,20-19-18-15)8(14)17-9-3-4-1-5(6(9)2-4)7(13)16-9/h4-6,15H,1-3H2/p-1. The van der Waals surface area contributed by atoms with Crippen LogP contribution >= 0.6 is 12.0 Å². The maximum Gasteiger partial charge on any atom is 0.415 e. The van der Waals surface area contributed by atoms with Crippen molar-refractivity contribution in [3.63, 3.8) is 0 Å². The maximum absolute atomic E-state index is 13.3. The summed E-state index contributed by atoms with van der Waals surface area (Å²) in [5.74, 6) is -4.67. The van der Waals surface area contributed by atoms with Gasteiger partial charge in [0.2, 0.25) is 0 Å². The van der Waals surface area contributed by atoms with Crippen LogP contribution in [0.4, 0.5) is 8.78 Å². The fraction of sp³-hybridized carbons (Fsp3) is 0.800. The number of carbonyl (C=O) groups excluding carboxylic acids is 2. The van der Waals surface area contributed by atoms with Crippen LogP contribution in [0.1, 0.15) is 19.3 Å². The van der Waals surface area contributed by atoms with E-state index in [-0.39, 0.29) is 24.2 Å². The lowest BCUT2D eigenvalue weighted by Gasteiger charge is -2.30. The zero-order chi connectivity index (χ0) is 14.5. The van der Waals surface area contributed by atoms with Gasteiger partial charge in [0, 0.05) is 6.42 Å². The molecule has 3 rings (SSSR count). The van der Waals surface area contributed by atoms with Gasteiger partial charge in [0.05, 0.1) is 11.8 Å². The van der Waals surface area contributed by atoms with Crippen molar-refractivity contribution < 1.29 is 42.5 Å². The molecule has 7 nitrogen and oxygen atoms in total. The summed E-state index contributed by atoms with van der Waals surface area (Å²) in [6, 6.07) is 0. The molecule has 112 valence electrons. The molecule has 3 aliphatic rings. The van der Waals surface area contributed by atoms with Gasteiger partial charge < -0.3 is 14.7 Å². The van der Waals surface area contributed by atoms with E-state index in [1.54, 1.807) is 0 Å². The Labute approximate surface area is 115 Å². The topological polar surface area (TPSA) is 94.1 Å². The van der Waals surface area contributed by atoms with Gasteiger partial charge >= 0.3 is 17.2 Å². The van der Waals surface area contributed by atoms with Crippen molar-refractivity contribution in [1.82, 2.24) is 0 Å². The molecular formula is C10H9F2O7S-. The van der Waals surface area contributed by atoms with E-state index in [0.717, 1.165) is 0 Å². The van der Waals surface area contributed by atoms with E-state index in [0.29, 0.717) is 12.8 Å². The summed E-state index contributed by atoms with van der Waals surface area (Å²) in [5, 5.41) is 8.15. The first-order valence-corrected chi connectivity index (χ1v) is 6.60. The second kappa shape index (κ2) is 4.52. The molecule has 4 atom stereocenters. The first kappa shape index (κ1) is 14.0. The van der Waals surface area contributed by atoms with Crippen LogP contribution in [0.25, 0.3) is 0 Å². The van der Waals surface area contributed by atoms with Crippen molar-refractivity contribution in [3.05, 3.63) is 0 Å².